The topological polar surface area (TPSA) is 50.2 Å². The number of carboxylic acids is 1. The fraction of sp³-hybridized carbons (Fsp3) is 0.429. The van der Waals surface area contributed by atoms with E-state index in [-0.39, 0.29) is 5.92 Å². The van der Waals surface area contributed by atoms with Gasteiger partial charge in [-0.1, -0.05) is 6.92 Å². The number of aliphatic carboxylic acids is 1. The van der Waals surface area contributed by atoms with Crippen LogP contribution in [0.3, 0.4) is 0 Å². The normalized spacial score (nSPS) is 12.8. The molecule has 1 heterocycles. The van der Waals surface area contributed by atoms with E-state index in [0.29, 0.717) is 6.42 Å². The van der Waals surface area contributed by atoms with Crippen molar-refractivity contribution in [3.8, 4) is 0 Å². The molecule has 0 spiro atoms. The smallest absolute Gasteiger partial charge is 0.311 e. The van der Waals surface area contributed by atoms with Crippen molar-refractivity contribution < 1.29 is 9.90 Å². The van der Waals surface area contributed by atoms with Gasteiger partial charge in [0.05, 0.1) is 11.4 Å². The molecular weight excluding hydrogens is 162 g/mol. The van der Waals surface area contributed by atoms with E-state index in [1.807, 2.05) is 6.92 Å². The van der Waals surface area contributed by atoms with Crippen LogP contribution in [0.4, 0.5) is 0 Å². The third-order valence-corrected chi connectivity index (χ3v) is 2.39. The Morgan fingerprint density at radius 1 is 1.91 bits per heavy atom. The molecule has 0 aromatic carbocycles. The van der Waals surface area contributed by atoms with Crippen LogP contribution in [0.2, 0.25) is 0 Å². The quantitative estimate of drug-likeness (QED) is 0.753. The summed E-state index contributed by atoms with van der Waals surface area (Å²) in [6.07, 6.45) is 2.24. The van der Waals surface area contributed by atoms with E-state index in [1.165, 1.54) is 11.3 Å². The van der Waals surface area contributed by atoms with Crippen LogP contribution in [0.25, 0.3) is 0 Å². The van der Waals surface area contributed by atoms with Crippen LogP contribution >= 0.6 is 11.3 Å². The molecule has 3 nitrogen and oxygen atoms in total. The van der Waals surface area contributed by atoms with Gasteiger partial charge in [0.15, 0.2) is 0 Å². The minimum absolute atomic E-state index is 0.373. The van der Waals surface area contributed by atoms with Crippen molar-refractivity contribution in [2.24, 2.45) is 0 Å². The van der Waals surface area contributed by atoms with Crippen molar-refractivity contribution >= 4 is 17.3 Å². The van der Waals surface area contributed by atoms with E-state index < -0.39 is 5.97 Å². The molecule has 60 valence electrons. The van der Waals surface area contributed by atoms with Gasteiger partial charge in [0, 0.05) is 11.1 Å². The summed E-state index contributed by atoms with van der Waals surface area (Å²) in [7, 11) is 0. The molecule has 4 heteroatoms. The number of hydrogen-bond acceptors (Lipinski definition) is 3. The average Bonchev–Trinajstić information content (AvgIpc) is 2.40. The van der Waals surface area contributed by atoms with Gasteiger partial charge < -0.3 is 5.11 Å². The molecule has 0 aliphatic rings. The molecule has 0 saturated carbocycles. The molecular formula is C7H9NO2S. The lowest BCUT2D eigenvalue weighted by Crippen LogP contribution is -2.08. The van der Waals surface area contributed by atoms with Crippen LogP contribution in [0.15, 0.2) is 11.7 Å². The summed E-state index contributed by atoms with van der Waals surface area (Å²) in [5.41, 5.74) is 1.65. The molecule has 1 aromatic rings. The standard InChI is InChI=1S/C7H9NO2S/c1-2-5(7(9)10)6-3-8-4-11-6/h3-5H,2H2,1H3,(H,9,10). The third-order valence-electron chi connectivity index (χ3n) is 1.50. The van der Waals surface area contributed by atoms with Crippen LogP contribution < -0.4 is 0 Å². The summed E-state index contributed by atoms with van der Waals surface area (Å²) in [5.74, 6) is -1.14. The summed E-state index contributed by atoms with van der Waals surface area (Å²) < 4.78 is 0. The maximum Gasteiger partial charge on any atom is 0.311 e. The highest BCUT2D eigenvalue weighted by atomic mass is 32.1. The lowest BCUT2D eigenvalue weighted by Gasteiger charge is -2.04. The highest BCUT2D eigenvalue weighted by molar-refractivity contribution is 7.09. The summed E-state index contributed by atoms with van der Waals surface area (Å²) >= 11 is 1.39. The van der Waals surface area contributed by atoms with Gasteiger partial charge in [-0.15, -0.1) is 11.3 Å². The summed E-state index contributed by atoms with van der Waals surface area (Å²) in [6, 6.07) is 0. The highest BCUT2D eigenvalue weighted by Crippen LogP contribution is 2.22. The molecule has 0 radical (unpaired) electrons. The first kappa shape index (κ1) is 8.20. The second kappa shape index (κ2) is 3.48. The molecule has 0 aliphatic carbocycles. The number of carboxylic acid groups (broad SMARTS) is 1. The maximum absolute atomic E-state index is 10.6. The molecule has 0 fully saturated rings. The van der Waals surface area contributed by atoms with Crippen LogP contribution in [0.5, 0.6) is 0 Å². The maximum atomic E-state index is 10.6. The molecule has 11 heavy (non-hydrogen) atoms. The predicted octanol–water partition coefficient (Wildman–Crippen LogP) is 1.72. The second-order valence-electron chi connectivity index (χ2n) is 2.20. The molecule has 1 aromatic heterocycles. The molecule has 0 aliphatic heterocycles. The fourth-order valence-corrected chi connectivity index (χ4v) is 1.69. The SMILES string of the molecule is CCC(C(=O)O)c1cncs1. The highest BCUT2D eigenvalue weighted by Gasteiger charge is 2.18. The average molecular weight is 171 g/mol. The van der Waals surface area contributed by atoms with Crippen LogP contribution in [0, 0.1) is 0 Å². The molecule has 1 rings (SSSR count). The first-order valence-corrected chi connectivity index (χ1v) is 4.24. The van der Waals surface area contributed by atoms with E-state index in [2.05, 4.69) is 4.98 Å². The minimum atomic E-state index is -0.767. The zero-order valence-corrected chi connectivity index (χ0v) is 6.97. The van der Waals surface area contributed by atoms with Crippen molar-refractivity contribution in [2.45, 2.75) is 19.3 Å². The van der Waals surface area contributed by atoms with Crippen molar-refractivity contribution in [1.29, 1.82) is 0 Å². The van der Waals surface area contributed by atoms with E-state index in [1.54, 1.807) is 11.7 Å². The van der Waals surface area contributed by atoms with E-state index >= 15 is 0 Å². The largest absolute Gasteiger partial charge is 0.481 e. The Hall–Kier alpha value is -0.900. The predicted molar refractivity (Wildman–Crippen MR) is 42.8 cm³/mol. The number of thiazole rings is 1. The van der Waals surface area contributed by atoms with E-state index in [4.69, 9.17) is 5.11 Å². The Morgan fingerprint density at radius 2 is 2.64 bits per heavy atom. The van der Waals surface area contributed by atoms with Crippen molar-refractivity contribution in [2.75, 3.05) is 0 Å². The Morgan fingerprint density at radius 3 is 3.00 bits per heavy atom. The van der Waals surface area contributed by atoms with Gasteiger partial charge in [-0.2, -0.15) is 0 Å². The Balaban J connectivity index is 2.79. The number of aromatic nitrogens is 1. The van der Waals surface area contributed by atoms with Crippen molar-refractivity contribution in [3.05, 3.63) is 16.6 Å². The molecule has 1 atom stereocenters. The summed E-state index contributed by atoms with van der Waals surface area (Å²) in [6.45, 7) is 1.86. The van der Waals surface area contributed by atoms with E-state index in [9.17, 15) is 4.79 Å². The summed E-state index contributed by atoms with van der Waals surface area (Å²) in [4.78, 5) is 15.3. The fourth-order valence-electron chi connectivity index (χ4n) is 0.895. The first-order valence-electron chi connectivity index (χ1n) is 3.37. The monoisotopic (exact) mass is 171 g/mol. The van der Waals surface area contributed by atoms with Gasteiger partial charge in [-0.05, 0) is 6.42 Å². The number of nitrogens with zero attached hydrogens (tertiary/aromatic N) is 1. The Bertz CT molecular complexity index is 233. The van der Waals surface area contributed by atoms with Gasteiger partial charge in [0.1, 0.15) is 0 Å². The van der Waals surface area contributed by atoms with Gasteiger partial charge in [0.2, 0.25) is 0 Å². The third kappa shape index (κ3) is 1.77. The Kier molecular flexibility index (Phi) is 2.59. The van der Waals surface area contributed by atoms with Crippen molar-refractivity contribution in [3.63, 3.8) is 0 Å². The van der Waals surface area contributed by atoms with Gasteiger partial charge in [0.25, 0.3) is 0 Å². The van der Waals surface area contributed by atoms with E-state index in [0.717, 1.165) is 4.88 Å². The zero-order valence-electron chi connectivity index (χ0n) is 6.15. The second-order valence-corrected chi connectivity index (χ2v) is 3.12. The van der Waals surface area contributed by atoms with Gasteiger partial charge in [-0.25, -0.2) is 0 Å². The molecule has 0 bridgehead atoms. The summed E-state index contributed by atoms with van der Waals surface area (Å²) in [5, 5.41) is 8.72. The molecule has 1 unspecified atom stereocenters. The molecule has 1 N–H and O–H groups in total. The molecule has 0 amide bonds. The lowest BCUT2D eigenvalue weighted by atomic mass is 10.1. The van der Waals surface area contributed by atoms with Crippen LogP contribution in [0.1, 0.15) is 24.1 Å². The van der Waals surface area contributed by atoms with Gasteiger partial charge >= 0.3 is 5.97 Å². The Labute approximate surface area is 68.7 Å². The van der Waals surface area contributed by atoms with Crippen molar-refractivity contribution in [1.82, 2.24) is 4.98 Å². The zero-order chi connectivity index (χ0) is 8.27. The minimum Gasteiger partial charge on any atom is -0.481 e. The van der Waals surface area contributed by atoms with Crippen LogP contribution in [-0.4, -0.2) is 16.1 Å². The lowest BCUT2D eigenvalue weighted by molar-refractivity contribution is -0.138. The van der Waals surface area contributed by atoms with Gasteiger partial charge in [-0.3, -0.25) is 9.78 Å². The number of carbonyl (C=O) groups is 1. The molecule has 0 saturated heterocycles. The van der Waals surface area contributed by atoms with Crippen LogP contribution in [-0.2, 0) is 4.79 Å². The number of rotatable bonds is 3. The first-order chi connectivity index (χ1) is 5.25. The number of hydrogen-bond donors (Lipinski definition) is 1.